The fourth-order valence-corrected chi connectivity index (χ4v) is 3.39. The zero-order valence-electron chi connectivity index (χ0n) is 15.2. The van der Waals surface area contributed by atoms with Crippen LogP contribution in [0.25, 0.3) is 0 Å². The Bertz CT molecular complexity index is 569. The van der Waals surface area contributed by atoms with Gasteiger partial charge in [0, 0.05) is 45.1 Å². The first kappa shape index (κ1) is 18.3. The van der Waals surface area contributed by atoms with E-state index in [0.29, 0.717) is 38.5 Å². The number of ether oxygens (including phenoxy) is 2. The number of morpholine rings is 1. The standard InChI is InChI=1S/C18H28N4O3/c1-20(2)6-7-21-8-10-24-15-18(13-21)14-22(9-11-25-18)17(23)16-4-3-5-19-12-16/h3-5,12H,6-11,13-15H2,1-2H3/t18-/m0/s1. The first-order valence-corrected chi connectivity index (χ1v) is 8.86. The van der Waals surface area contributed by atoms with Gasteiger partial charge in [0.1, 0.15) is 5.60 Å². The van der Waals surface area contributed by atoms with Crippen molar-refractivity contribution in [3.8, 4) is 0 Å². The molecule has 1 aromatic rings. The molecule has 2 aliphatic rings. The Hall–Kier alpha value is -1.54. The van der Waals surface area contributed by atoms with Crippen molar-refractivity contribution in [3.63, 3.8) is 0 Å². The molecule has 7 heteroatoms. The first-order valence-electron chi connectivity index (χ1n) is 8.86. The highest BCUT2D eigenvalue weighted by Crippen LogP contribution is 2.23. The molecule has 1 amide bonds. The molecule has 2 fully saturated rings. The third kappa shape index (κ3) is 4.76. The predicted octanol–water partition coefficient (Wildman–Crippen LogP) is 0.187. The van der Waals surface area contributed by atoms with Crippen LogP contribution < -0.4 is 0 Å². The summed E-state index contributed by atoms with van der Waals surface area (Å²) >= 11 is 0. The molecule has 0 aromatic carbocycles. The summed E-state index contributed by atoms with van der Waals surface area (Å²) in [6, 6.07) is 3.60. The zero-order chi connectivity index (χ0) is 17.7. The zero-order valence-corrected chi connectivity index (χ0v) is 15.2. The number of hydrogen-bond acceptors (Lipinski definition) is 6. The molecule has 0 N–H and O–H groups in total. The third-order valence-corrected chi connectivity index (χ3v) is 4.74. The summed E-state index contributed by atoms with van der Waals surface area (Å²) in [6.45, 7) is 6.58. The van der Waals surface area contributed by atoms with Gasteiger partial charge in [0.2, 0.25) is 0 Å². The predicted molar refractivity (Wildman–Crippen MR) is 94.6 cm³/mol. The molecular formula is C18H28N4O3. The minimum atomic E-state index is -0.446. The largest absolute Gasteiger partial charge is 0.377 e. The first-order chi connectivity index (χ1) is 12.1. The molecular weight excluding hydrogens is 320 g/mol. The summed E-state index contributed by atoms with van der Waals surface area (Å²) in [7, 11) is 4.16. The summed E-state index contributed by atoms with van der Waals surface area (Å²) in [6.07, 6.45) is 3.30. The summed E-state index contributed by atoms with van der Waals surface area (Å²) in [5.41, 5.74) is 0.178. The van der Waals surface area contributed by atoms with Crippen molar-refractivity contribution >= 4 is 5.91 Å². The molecule has 0 unspecified atom stereocenters. The summed E-state index contributed by atoms with van der Waals surface area (Å²) in [5.74, 6) is 0.0138. The van der Waals surface area contributed by atoms with Crippen LogP contribution in [0.4, 0.5) is 0 Å². The van der Waals surface area contributed by atoms with Crippen molar-refractivity contribution in [3.05, 3.63) is 30.1 Å². The van der Waals surface area contributed by atoms with Crippen LogP contribution in [0.3, 0.4) is 0 Å². The van der Waals surface area contributed by atoms with Crippen molar-refractivity contribution in [1.82, 2.24) is 19.7 Å². The topological polar surface area (TPSA) is 58.1 Å². The van der Waals surface area contributed by atoms with E-state index in [-0.39, 0.29) is 5.91 Å². The van der Waals surface area contributed by atoms with E-state index in [1.807, 2.05) is 11.0 Å². The number of carbonyl (C=O) groups excluding carboxylic acids is 1. The van der Waals surface area contributed by atoms with E-state index in [2.05, 4.69) is 28.9 Å². The lowest BCUT2D eigenvalue weighted by molar-refractivity contribution is -0.133. The summed E-state index contributed by atoms with van der Waals surface area (Å²) in [4.78, 5) is 23.3. The maximum absolute atomic E-state index is 12.8. The van der Waals surface area contributed by atoms with Crippen molar-refractivity contribution < 1.29 is 14.3 Å². The van der Waals surface area contributed by atoms with Gasteiger partial charge in [-0.2, -0.15) is 0 Å². The molecule has 1 spiro atoms. The van der Waals surface area contributed by atoms with Crippen LogP contribution in [-0.4, -0.2) is 104 Å². The number of pyridine rings is 1. The van der Waals surface area contributed by atoms with Gasteiger partial charge in [0.05, 0.1) is 31.9 Å². The van der Waals surface area contributed by atoms with E-state index in [1.165, 1.54) is 0 Å². The highest BCUT2D eigenvalue weighted by molar-refractivity contribution is 5.94. The van der Waals surface area contributed by atoms with Crippen LogP contribution in [0.1, 0.15) is 10.4 Å². The van der Waals surface area contributed by atoms with E-state index in [0.717, 1.165) is 26.2 Å². The number of carbonyl (C=O) groups is 1. The Labute approximate surface area is 149 Å². The third-order valence-electron chi connectivity index (χ3n) is 4.74. The SMILES string of the molecule is CN(C)CCN1CCOC[C@]2(C1)CN(C(=O)c1cccnc1)CCO2. The Kier molecular flexibility index (Phi) is 6.01. The number of nitrogens with zero attached hydrogens (tertiary/aromatic N) is 4. The van der Waals surface area contributed by atoms with Gasteiger partial charge in [-0.05, 0) is 26.2 Å². The van der Waals surface area contributed by atoms with Gasteiger partial charge in [-0.3, -0.25) is 14.7 Å². The second-order valence-electron chi connectivity index (χ2n) is 7.13. The van der Waals surface area contributed by atoms with Gasteiger partial charge in [-0.25, -0.2) is 0 Å². The number of hydrogen-bond donors (Lipinski definition) is 0. The average molecular weight is 348 g/mol. The van der Waals surface area contributed by atoms with E-state index in [4.69, 9.17) is 9.47 Å². The van der Waals surface area contributed by atoms with E-state index in [1.54, 1.807) is 18.5 Å². The summed E-state index contributed by atoms with van der Waals surface area (Å²) < 4.78 is 12.0. The average Bonchev–Trinajstić information content (AvgIpc) is 2.82. The molecule has 0 radical (unpaired) electrons. The monoisotopic (exact) mass is 348 g/mol. The molecule has 0 saturated carbocycles. The van der Waals surface area contributed by atoms with Gasteiger partial charge in [0.25, 0.3) is 5.91 Å². The highest BCUT2D eigenvalue weighted by Gasteiger charge is 2.41. The molecule has 25 heavy (non-hydrogen) atoms. The molecule has 3 rings (SSSR count). The van der Waals surface area contributed by atoms with E-state index in [9.17, 15) is 4.79 Å². The molecule has 2 aliphatic heterocycles. The van der Waals surface area contributed by atoms with Crippen LogP contribution in [-0.2, 0) is 9.47 Å². The van der Waals surface area contributed by atoms with E-state index < -0.39 is 5.60 Å². The van der Waals surface area contributed by atoms with Crippen molar-refractivity contribution in [2.75, 3.05) is 73.2 Å². The Morgan fingerprint density at radius 2 is 2.20 bits per heavy atom. The highest BCUT2D eigenvalue weighted by atomic mass is 16.5. The number of likely N-dealkylation sites (N-methyl/N-ethyl adjacent to an activating group) is 1. The van der Waals surface area contributed by atoms with Crippen molar-refractivity contribution in [2.45, 2.75) is 5.60 Å². The van der Waals surface area contributed by atoms with Gasteiger partial charge < -0.3 is 19.3 Å². The Morgan fingerprint density at radius 1 is 1.32 bits per heavy atom. The quantitative estimate of drug-likeness (QED) is 0.774. The van der Waals surface area contributed by atoms with Crippen LogP contribution in [0.2, 0.25) is 0 Å². The fraction of sp³-hybridized carbons (Fsp3) is 0.667. The lowest BCUT2D eigenvalue weighted by Gasteiger charge is -2.43. The number of amides is 1. The maximum atomic E-state index is 12.8. The molecule has 138 valence electrons. The maximum Gasteiger partial charge on any atom is 0.255 e. The normalized spacial score (nSPS) is 25.3. The molecule has 0 aliphatic carbocycles. The second kappa shape index (κ2) is 8.23. The molecule has 1 atom stereocenters. The lowest BCUT2D eigenvalue weighted by Crippen LogP contribution is -2.60. The molecule has 1 aromatic heterocycles. The Balaban J connectivity index is 1.68. The minimum absolute atomic E-state index is 0.0138. The molecule has 7 nitrogen and oxygen atoms in total. The van der Waals surface area contributed by atoms with Crippen LogP contribution >= 0.6 is 0 Å². The van der Waals surface area contributed by atoms with Crippen molar-refractivity contribution in [2.24, 2.45) is 0 Å². The van der Waals surface area contributed by atoms with Crippen molar-refractivity contribution in [1.29, 1.82) is 0 Å². The van der Waals surface area contributed by atoms with Crippen LogP contribution in [0.15, 0.2) is 24.5 Å². The summed E-state index contributed by atoms with van der Waals surface area (Å²) in [5, 5.41) is 0. The lowest BCUT2D eigenvalue weighted by atomic mass is 10.0. The van der Waals surface area contributed by atoms with Gasteiger partial charge in [-0.1, -0.05) is 0 Å². The van der Waals surface area contributed by atoms with Gasteiger partial charge in [0.15, 0.2) is 0 Å². The second-order valence-corrected chi connectivity index (χ2v) is 7.13. The molecule has 3 heterocycles. The fourth-order valence-electron chi connectivity index (χ4n) is 3.39. The van der Waals surface area contributed by atoms with Gasteiger partial charge >= 0.3 is 0 Å². The molecule has 2 saturated heterocycles. The minimum Gasteiger partial charge on any atom is -0.377 e. The van der Waals surface area contributed by atoms with Crippen LogP contribution in [0, 0.1) is 0 Å². The van der Waals surface area contributed by atoms with E-state index >= 15 is 0 Å². The Morgan fingerprint density at radius 3 is 2.96 bits per heavy atom. The van der Waals surface area contributed by atoms with Gasteiger partial charge in [-0.15, -0.1) is 0 Å². The molecule has 0 bridgehead atoms. The smallest absolute Gasteiger partial charge is 0.255 e. The van der Waals surface area contributed by atoms with Crippen LogP contribution in [0.5, 0.6) is 0 Å². The number of aromatic nitrogens is 1. The number of rotatable bonds is 4.